The van der Waals surface area contributed by atoms with E-state index in [1.54, 1.807) is 36.3 Å². The molecule has 1 fully saturated rings. The van der Waals surface area contributed by atoms with Crippen LogP contribution < -0.4 is 14.8 Å². The molecule has 0 bridgehead atoms. The average molecular weight is 503 g/mol. The normalized spacial score (nSPS) is 15.6. The van der Waals surface area contributed by atoms with E-state index in [1.807, 2.05) is 66.1 Å². The zero-order valence-electron chi connectivity index (χ0n) is 21.1. The molecular weight excluding hydrogens is 472 g/mol. The van der Waals surface area contributed by atoms with Gasteiger partial charge in [-0.15, -0.1) is 0 Å². The zero-order chi connectivity index (χ0) is 25.9. The third-order valence-corrected chi connectivity index (χ3v) is 6.69. The highest BCUT2D eigenvalue weighted by atomic mass is 16.5. The molecule has 192 valence electrons. The van der Waals surface area contributed by atoms with Gasteiger partial charge < -0.3 is 33.6 Å². The summed E-state index contributed by atoms with van der Waals surface area (Å²) in [6, 6.07) is 18.4. The van der Waals surface area contributed by atoms with Gasteiger partial charge in [0.15, 0.2) is 0 Å². The predicted octanol–water partition coefficient (Wildman–Crippen LogP) is 4.68. The number of hydrogen-bond acceptors (Lipinski definition) is 5. The molecule has 1 saturated heterocycles. The Hall–Kier alpha value is -4.40. The summed E-state index contributed by atoms with van der Waals surface area (Å²) in [5.74, 6) is 1.34. The van der Waals surface area contributed by atoms with Gasteiger partial charge in [0.05, 0.1) is 27.0 Å². The van der Waals surface area contributed by atoms with E-state index in [0.717, 1.165) is 16.7 Å². The minimum Gasteiger partial charge on any atom is -0.497 e. The van der Waals surface area contributed by atoms with Crippen LogP contribution in [0.1, 0.15) is 23.0 Å². The Morgan fingerprint density at radius 1 is 1.00 bits per heavy atom. The first-order chi connectivity index (χ1) is 18.0. The van der Waals surface area contributed by atoms with E-state index in [-0.39, 0.29) is 18.0 Å². The lowest BCUT2D eigenvalue weighted by Crippen LogP contribution is -2.56. The number of methoxy groups -OCH3 is 2. The van der Waals surface area contributed by atoms with Gasteiger partial charge in [0.25, 0.3) is 5.91 Å². The van der Waals surface area contributed by atoms with E-state index in [4.69, 9.17) is 13.9 Å². The number of urea groups is 1. The first-order valence-corrected chi connectivity index (χ1v) is 12.2. The second kappa shape index (κ2) is 10.3. The van der Waals surface area contributed by atoms with Gasteiger partial charge in [0.2, 0.25) is 5.71 Å². The van der Waals surface area contributed by atoms with Gasteiger partial charge in [-0.05, 0) is 48.9 Å². The number of anilines is 1. The maximum absolute atomic E-state index is 13.7. The van der Waals surface area contributed by atoms with Crippen molar-refractivity contribution in [2.75, 3.05) is 39.2 Å². The molecule has 9 nitrogen and oxygen atoms in total. The molecule has 0 saturated carbocycles. The molecular formula is C28H30N4O5. The first kappa shape index (κ1) is 24.3. The summed E-state index contributed by atoms with van der Waals surface area (Å²) >= 11 is 0. The zero-order valence-corrected chi connectivity index (χ0v) is 21.1. The summed E-state index contributed by atoms with van der Waals surface area (Å²) < 4.78 is 18.2. The van der Waals surface area contributed by atoms with Crippen LogP contribution in [0.15, 0.2) is 71.3 Å². The average Bonchev–Trinajstić information content (AvgIpc) is 3.51. The van der Waals surface area contributed by atoms with Crippen molar-refractivity contribution in [1.82, 2.24) is 14.4 Å². The molecule has 0 radical (unpaired) electrons. The number of nitrogens with zero attached hydrogens (tertiary/aromatic N) is 3. The molecule has 2 aromatic heterocycles. The molecule has 5 rings (SSSR count). The third kappa shape index (κ3) is 4.97. The monoisotopic (exact) mass is 502 g/mol. The number of furan rings is 1. The first-order valence-electron chi connectivity index (χ1n) is 12.2. The minimum atomic E-state index is -0.202. The molecule has 3 heterocycles. The Bertz CT molecular complexity index is 1420. The largest absolute Gasteiger partial charge is 0.497 e. The molecule has 1 unspecified atom stereocenters. The molecule has 1 atom stereocenters. The number of piperazine rings is 1. The van der Waals surface area contributed by atoms with Crippen molar-refractivity contribution >= 4 is 28.7 Å². The molecule has 9 heteroatoms. The number of amides is 3. The quantitative estimate of drug-likeness (QED) is 0.414. The molecule has 1 N–H and O–H groups in total. The number of rotatable bonds is 6. The molecule has 4 aromatic rings. The Balaban J connectivity index is 1.31. The molecule has 2 aromatic carbocycles. The summed E-state index contributed by atoms with van der Waals surface area (Å²) in [4.78, 5) is 30.2. The van der Waals surface area contributed by atoms with Crippen molar-refractivity contribution in [3.8, 4) is 11.5 Å². The number of fused-ring (bicyclic) bond motifs is 1. The summed E-state index contributed by atoms with van der Waals surface area (Å²) in [5.41, 5.74) is 2.86. The van der Waals surface area contributed by atoms with Crippen molar-refractivity contribution in [2.45, 2.75) is 19.5 Å². The van der Waals surface area contributed by atoms with Gasteiger partial charge in [-0.3, -0.25) is 4.79 Å². The smallest absolute Gasteiger partial charge is 0.322 e. The van der Waals surface area contributed by atoms with Gasteiger partial charge in [0.1, 0.15) is 17.2 Å². The minimum absolute atomic E-state index is 0.0889. The van der Waals surface area contributed by atoms with E-state index in [1.165, 1.54) is 0 Å². The van der Waals surface area contributed by atoms with Crippen molar-refractivity contribution in [3.05, 3.63) is 78.2 Å². The van der Waals surface area contributed by atoms with Gasteiger partial charge in [-0.1, -0.05) is 18.2 Å². The van der Waals surface area contributed by atoms with Crippen LogP contribution >= 0.6 is 0 Å². The number of aromatic nitrogens is 1. The molecule has 0 spiro atoms. The fourth-order valence-electron chi connectivity index (χ4n) is 4.76. The third-order valence-electron chi connectivity index (χ3n) is 6.69. The lowest BCUT2D eigenvalue weighted by molar-refractivity contribution is 0.0582. The van der Waals surface area contributed by atoms with Crippen LogP contribution in [0, 0.1) is 0 Å². The number of carbonyl (C=O) groups is 2. The summed E-state index contributed by atoms with van der Waals surface area (Å²) in [6.07, 6.45) is 1.63. The number of nitrogens with one attached hydrogen (secondary N) is 1. The van der Waals surface area contributed by atoms with Crippen molar-refractivity contribution in [2.24, 2.45) is 0 Å². The van der Waals surface area contributed by atoms with E-state index in [2.05, 4.69) is 5.32 Å². The molecule has 37 heavy (non-hydrogen) atoms. The SMILES string of the molecule is COc1cccc(Cn2c(C(=O)N3CCN(C(=O)Nc4cccc(OC)c4)C(C)C3)cc3ccoc32)c1. The second-order valence-electron chi connectivity index (χ2n) is 9.10. The van der Waals surface area contributed by atoms with E-state index in [9.17, 15) is 9.59 Å². The fourth-order valence-corrected chi connectivity index (χ4v) is 4.76. The van der Waals surface area contributed by atoms with Crippen LogP contribution in [-0.4, -0.2) is 66.2 Å². The van der Waals surface area contributed by atoms with Crippen LogP contribution in [0.5, 0.6) is 11.5 Å². The number of hydrogen-bond donors (Lipinski definition) is 1. The number of ether oxygens (including phenoxy) is 2. The fraction of sp³-hybridized carbons (Fsp3) is 0.286. The maximum Gasteiger partial charge on any atom is 0.322 e. The van der Waals surface area contributed by atoms with Gasteiger partial charge >= 0.3 is 6.03 Å². The number of benzene rings is 2. The highest BCUT2D eigenvalue weighted by Crippen LogP contribution is 2.26. The van der Waals surface area contributed by atoms with Crippen LogP contribution in [0.25, 0.3) is 11.1 Å². The topological polar surface area (TPSA) is 89.2 Å². The summed E-state index contributed by atoms with van der Waals surface area (Å²) in [5, 5.41) is 3.80. The molecule has 1 aliphatic heterocycles. The lowest BCUT2D eigenvalue weighted by atomic mass is 10.1. The number of carbonyl (C=O) groups excluding carboxylic acids is 2. The highest BCUT2D eigenvalue weighted by molar-refractivity contribution is 5.98. The predicted molar refractivity (Wildman–Crippen MR) is 140 cm³/mol. The Labute approximate surface area is 215 Å². The van der Waals surface area contributed by atoms with Crippen LogP contribution in [0.4, 0.5) is 10.5 Å². The lowest BCUT2D eigenvalue weighted by Gasteiger charge is -2.39. The van der Waals surface area contributed by atoms with Gasteiger partial charge in [0, 0.05) is 42.8 Å². The van der Waals surface area contributed by atoms with E-state index < -0.39 is 0 Å². The van der Waals surface area contributed by atoms with Gasteiger partial charge in [-0.2, -0.15) is 0 Å². The van der Waals surface area contributed by atoms with Gasteiger partial charge in [-0.25, -0.2) is 4.79 Å². The van der Waals surface area contributed by atoms with Crippen LogP contribution in [0.3, 0.4) is 0 Å². The Kier molecular flexibility index (Phi) is 6.76. The van der Waals surface area contributed by atoms with E-state index >= 15 is 0 Å². The van der Waals surface area contributed by atoms with Crippen LogP contribution in [-0.2, 0) is 6.54 Å². The highest BCUT2D eigenvalue weighted by Gasteiger charge is 2.32. The van der Waals surface area contributed by atoms with E-state index in [0.29, 0.717) is 49.0 Å². The molecule has 1 aliphatic rings. The summed E-state index contributed by atoms with van der Waals surface area (Å²) in [6.45, 7) is 3.70. The van der Waals surface area contributed by atoms with Crippen molar-refractivity contribution in [3.63, 3.8) is 0 Å². The standard InChI is InChI=1S/C28H30N4O5/c1-19-17-30(11-12-31(19)28(34)29-22-7-5-9-24(16-22)36-3)26(33)25-15-21-10-13-37-27(21)32(25)18-20-6-4-8-23(14-20)35-2/h4-10,13-16,19H,11-12,17-18H2,1-3H3,(H,29,34). The Morgan fingerprint density at radius 3 is 2.51 bits per heavy atom. The Morgan fingerprint density at radius 2 is 1.76 bits per heavy atom. The molecule has 3 amide bonds. The maximum atomic E-state index is 13.7. The summed E-state index contributed by atoms with van der Waals surface area (Å²) in [7, 11) is 3.22. The second-order valence-corrected chi connectivity index (χ2v) is 9.10. The van der Waals surface area contributed by atoms with Crippen LogP contribution in [0.2, 0.25) is 0 Å². The molecule has 0 aliphatic carbocycles. The van der Waals surface area contributed by atoms with Crippen molar-refractivity contribution in [1.29, 1.82) is 0 Å². The van der Waals surface area contributed by atoms with Crippen molar-refractivity contribution < 1.29 is 23.5 Å².